The first-order valence-electron chi connectivity index (χ1n) is 6.31. The summed E-state index contributed by atoms with van der Waals surface area (Å²) in [4.78, 5) is 13.2. The first-order valence-corrected chi connectivity index (χ1v) is 9.10. The third-order valence-corrected chi connectivity index (χ3v) is 5.08. The molecule has 1 amide bonds. The molecule has 0 fully saturated rings. The number of hydrogen-bond donors (Lipinski definition) is 1. The zero-order valence-corrected chi connectivity index (χ0v) is 14.8. The molecule has 3 rings (SSSR count). The molecular formula is C14H9Cl2N3O2S2. The number of halogens is 2. The van der Waals surface area contributed by atoms with Crippen molar-refractivity contribution in [2.45, 2.75) is 4.90 Å². The van der Waals surface area contributed by atoms with Crippen LogP contribution in [0.3, 0.4) is 0 Å². The Morgan fingerprint density at radius 3 is 2.83 bits per heavy atom. The van der Waals surface area contributed by atoms with Crippen LogP contribution < -0.4 is 5.32 Å². The van der Waals surface area contributed by atoms with Crippen LogP contribution in [0.25, 0.3) is 11.5 Å². The normalized spacial score (nSPS) is 10.7. The fourth-order valence-corrected chi connectivity index (χ4v) is 3.72. The van der Waals surface area contributed by atoms with Crippen LogP contribution in [0.15, 0.2) is 39.6 Å². The van der Waals surface area contributed by atoms with Crippen LogP contribution in [0.1, 0.15) is 10.4 Å². The molecule has 0 spiro atoms. The molecule has 2 heterocycles. The van der Waals surface area contributed by atoms with Gasteiger partial charge in [-0.3, -0.25) is 10.1 Å². The molecule has 0 saturated carbocycles. The minimum Gasteiger partial charge on any atom is -0.403 e. The van der Waals surface area contributed by atoms with Crippen molar-refractivity contribution in [3.8, 4) is 11.5 Å². The lowest BCUT2D eigenvalue weighted by Crippen LogP contribution is -2.11. The van der Waals surface area contributed by atoms with E-state index < -0.39 is 5.91 Å². The summed E-state index contributed by atoms with van der Waals surface area (Å²) >= 11 is 14.5. The lowest BCUT2D eigenvalue weighted by Gasteiger charge is -1.99. The summed E-state index contributed by atoms with van der Waals surface area (Å²) in [6.07, 6.45) is 1.98. The van der Waals surface area contributed by atoms with Gasteiger partial charge in [0.1, 0.15) is 4.34 Å². The van der Waals surface area contributed by atoms with Crippen LogP contribution in [-0.4, -0.2) is 22.4 Å². The summed E-state index contributed by atoms with van der Waals surface area (Å²) in [7, 11) is 0. The molecule has 1 N–H and O–H groups in total. The Bertz CT molecular complexity index is 863. The van der Waals surface area contributed by atoms with Gasteiger partial charge in [-0.05, 0) is 30.5 Å². The van der Waals surface area contributed by atoms with Gasteiger partial charge in [-0.2, -0.15) is 0 Å². The third-order valence-electron chi connectivity index (χ3n) is 2.86. The van der Waals surface area contributed by atoms with Gasteiger partial charge >= 0.3 is 6.01 Å². The number of nitrogens with zero attached hydrogens (tertiary/aromatic N) is 2. The Morgan fingerprint density at radius 1 is 1.30 bits per heavy atom. The van der Waals surface area contributed by atoms with E-state index in [0.717, 1.165) is 21.8 Å². The predicted octanol–water partition coefficient (Wildman–Crippen LogP) is 5.08. The summed E-state index contributed by atoms with van der Waals surface area (Å²) in [5.41, 5.74) is 1.05. The van der Waals surface area contributed by atoms with Gasteiger partial charge in [-0.1, -0.05) is 34.4 Å². The first kappa shape index (κ1) is 16.3. The Kier molecular flexibility index (Phi) is 4.91. The minimum absolute atomic E-state index is 0.00190. The molecule has 0 bridgehead atoms. The number of hydrogen-bond acceptors (Lipinski definition) is 6. The maximum Gasteiger partial charge on any atom is 0.322 e. The number of thioether (sulfide) groups is 1. The molecule has 9 heteroatoms. The zero-order valence-electron chi connectivity index (χ0n) is 11.7. The molecular weight excluding hydrogens is 377 g/mol. The number of carbonyl (C=O) groups is 1. The number of anilines is 1. The highest BCUT2D eigenvalue weighted by Crippen LogP contribution is 2.31. The van der Waals surface area contributed by atoms with Crippen LogP contribution in [0.2, 0.25) is 8.67 Å². The smallest absolute Gasteiger partial charge is 0.322 e. The Labute approximate surface area is 150 Å². The summed E-state index contributed by atoms with van der Waals surface area (Å²) in [5.74, 6) is -0.128. The molecule has 0 aliphatic heterocycles. The highest BCUT2D eigenvalue weighted by Gasteiger charge is 2.17. The fourth-order valence-electron chi connectivity index (χ4n) is 1.81. The minimum atomic E-state index is -0.453. The molecule has 3 aromatic rings. The van der Waals surface area contributed by atoms with Crippen LogP contribution in [-0.2, 0) is 0 Å². The molecule has 0 saturated heterocycles. The van der Waals surface area contributed by atoms with E-state index in [1.54, 1.807) is 11.8 Å². The van der Waals surface area contributed by atoms with Crippen molar-refractivity contribution in [2.24, 2.45) is 0 Å². The largest absolute Gasteiger partial charge is 0.403 e. The van der Waals surface area contributed by atoms with Crippen molar-refractivity contribution in [3.63, 3.8) is 0 Å². The van der Waals surface area contributed by atoms with Crippen LogP contribution in [0, 0.1) is 0 Å². The monoisotopic (exact) mass is 385 g/mol. The molecule has 2 aromatic heterocycles. The summed E-state index contributed by atoms with van der Waals surface area (Å²) in [5, 5.41) is 10.3. The second-order valence-corrected chi connectivity index (χ2v) is 7.50. The average molecular weight is 386 g/mol. The molecule has 0 aliphatic rings. The van der Waals surface area contributed by atoms with Crippen molar-refractivity contribution in [1.82, 2.24) is 10.2 Å². The van der Waals surface area contributed by atoms with E-state index in [1.165, 1.54) is 6.07 Å². The second-order valence-electron chi connectivity index (χ2n) is 4.34. The number of nitrogens with one attached hydrogen (secondary N) is 1. The quantitative estimate of drug-likeness (QED) is 0.634. The summed E-state index contributed by atoms with van der Waals surface area (Å²) in [6, 6.07) is 9.15. The van der Waals surface area contributed by atoms with Gasteiger partial charge in [0.25, 0.3) is 5.91 Å². The van der Waals surface area contributed by atoms with Crippen LogP contribution >= 0.6 is 46.3 Å². The van der Waals surface area contributed by atoms with Gasteiger partial charge in [0, 0.05) is 10.5 Å². The van der Waals surface area contributed by atoms with E-state index in [-0.39, 0.29) is 11.6 Å². The van der Waals surface area contributed by atoms with Crippen molar-refractivity contribution in [3.05, 3.63) is 44.6 Å². The van der Waals surface area contributed by atoms with Gasteiger partial charge in [0.05, 0.1) is 9.90 Å². The average Bonchev–Trinajstić information content (AvgIpc) is 3.13. The van der Waals surface area contributed by atoms with Crippen molar-refractivity contribution in [2.75, 3.05) is 11.6 Å². The summed E-state index contributed by atoms with van der Waals surface area (Å²) < 4.78 is 6.21. The maximum atomic E-state index is 12.1. The number of benzene rings is 1. The number of thiophene rings is 1. The van der Waals surface area contributed by atoms with E-state index in [2.05, 4.69) is 15.5 Å². The topological polar surface area (TPSA) is 68.0 Å². The maximum absolute atomic E-state index is 12.1. The number of aromatic nitrogens is 2. The molecule has 0 radical (unpaired) electrons. The molecule has 23 heavy (non-hydrogen) atoms. The SMILES string of the molecule is CSc1cccc(-c2nnc(NC(=O)c3cc(Cl)sc3Cl)o2)c1. The zero-order chi connectivity index (χ0) is 16.4. The predicted molar refractivity (Wildman–Crippen MR) is 93.8 cm³/mol. The summed E-state index contributed by atoms with van der Waals surface area (Å²) in [6.45, 7) is 0. The van der Waals surface area contributed by atoms with E-state index in [9.17, 15) is 4.79 Å². The molecule has 0 unspecified atom stereocenters. The first-order chi connectivity index (χ1) is 11.1. The van der Waals surface area contributed by atoms with Gasteiger partial charge in [-0.15, -0.1) is 28.2 Å². The fraction of sp³-hybridized carbons (Fsp3) is 0.0714. The van der Waals surface area contributed by atoms with Crippen molar-refractivity contribution >= 4 is 58.2 Å². The number of rotatable bonds is 4. The van der Waals surface area contributed by atoms with Gasteiger partial charge in [0.15, 0.2) is 0 Å². The van der Waals surface area contributed by atoms with Crippen molar-refractivity contribution < 1.29 is 9.21 Å². The standard InChI is InChI=1S/C14H9Cl2N3O2S2/c1-22-8-4-2-3-7(5-8)13-18-19-14(21-13)17-12(20)9-6-10(15)23-11(9)16/h2-6H,1H3,(H,17,19,20). The Morgan fingerprint density at radius 2 is 2.13 bits per heavy atom. The number of amides is 1. The third kappa shape index (κ3) is 3.69. The number of carbonyl (C=O) groups excluding carboxylic acids is 1. The Hall–Kier alpha value is -1.54. The molecule has 0 atom stereocenters. The van der Waals surface area contributed by atoms with E-state index in [1.807, 2.05) is 30.5 Å². The van der Waals surface area contributed by atoms with Crippen molar-refractivity contribution in [1.29, 1.82) is 0 Å². The highest BCUT2D eigenvalue weighted by molar-refractivity contribution is 7.98. The van der Waals surface area contributed by atoms with Gasteiger partial charge < -0.3 is 4.42 Å². The molecule has 118 valence electrons. The lowest BCUT2D eigenvalue weighted by atomic mass is 10.2. The molecule has 0 aliphatic carbocycles. The second kappa shape index (κ2) is 6.92. The van der Waals surface area contributed by atoms with Crippen LogP contribution in [0.4, 0.5) is 6.01 Å². The lowest BCUT2D eigenvalue weighted by molar-refractivity contribution is 0.102. The van der Waals surface area contributed by atoms with Crippen LogP contribution in [0.5, 0.6) is 0 Å². The molecule has 1 aromatic carbocycles. The highest BCUT2D eigenvalue weighted by atomic mass is 35.5. The van der Waals surface area contributed by atoms with E-state index in [0.29, 0.717) is 14.6 Å². The van der Waals surface area contributed by atoms with Gasteiger partial charge in [0.2, 0.25) is 5.89 Å². The van der Waals surface area contributed by atoms with E-state index in [4.69, 9.17) is 27.6 Å². The Balaban J connectivity index is 1.79. The molecule has 5 nitrogen and oxygen atoms in total. The van der Waals surface area contributed by atoms with E-state index >= 15 is 0 Å². The van der Waals surface area contributed by atoms with Gasteiger partial charge in [-0.25, -0.2) is 0 Å².